The third-order valence-electron chi connectivity index (χ3n) is 3.28. The van der Waals surface area contributed by atoms with Crippen LogP contribution < -0.4 is 11.0 Å². The Hall–Kier alpha value is -1.53. The van der Waals surface area contributed by atoms with E-state index in [1.807, 2.05) is 13.8 Å². The Bertz CT molecular complexity index is 603. The molecule has 1 atom stereocenters. The fourth-order valence-electron chi connectivity index (χ4n) is 2.21. The summed E-state index contributed by atoms with van der Waals surface area (Å²) < 4.78 is 27.2. The van der Waals surface area contributed by atoms with Crippen molar-refractivity contribution in [1.82, 2.24) is 19.6 Å². The Morgan fingerprint density at radius 1 is 1.04 bits per heavy atom. The van der Waals surface area contributed by atoms with Gasteiger partial charge in [-0.1, -0.05) is 46.8 Å². The second-order valence-electron chi connectivity index (χ2n) is 7.23. The number of amides is 2. The zero-order chi connectivity index (χ0) is 21.2. The zero-order valence-electron chi connectivity index (χ0n) is 16.5. The number of carbonyl (C=O) groups excluding carboxylic acids is 2. The first-order valence-electron chi connectivity index (χ1n) is 8.76. The molecule has 0 aromatic heterocycles. The third kappa shape index (κ3) is 8.80. The summed E-state index contributed by atoms with van der Waals surface area (Å²) in [5.74, 6) is -0.908. The van der Waals surface area contributed by atoms with E-state index in [9.17, 15) is 18.0 Å². The van der Waals surface area contributed by atoms with E-state index in [0.29, 0.717) is 0 Å². The van der Waals surface area contributed by atoms with Gasteiger partial charge in [0.05, 0.1) is 6.54 Å². The molecule has 10 nitrogen and oxygen atoms in total. The van der Waals surface area contributed by atoms with Gasteiger partial charge in [0.25, 0.3) is 22.0 Å². The second kappa shape index (κ2) is 12.0. The SMILES string of the molecule is CC(C)C.CC(C)C[C@@H](C(=O)NO)N1CC=CCN(CC(=O)NO)S1(=O)=O. The van der Waals surface area contributed by atoms with Gasteiger partial charge in [-0.05, 0) is 18.3 Å². The molecule has 1 rings (SSSR count). The van der Waals surface area contributed by atoms with Gasteiger partial charge < -0.3 is 0 Å². The Morgan fingerprint density at radius 3 is 2.00 bits per heavy atom. The van der Waals surface area contributed by atoms with Crippen molar-refractivity contribution in [2.75, 3.05) is 19.6 Å². The Morgan fingerprint density at radius 2 is 1.56 bits per heavy atom. The Balaban J connectivity index is 0.00000153. The molecule has 4 N–H and O–H groups in total. The number of rotatable bonds is 6. The molecular weight excluding hydrogens is 376 g/mol. The first-order chi connectivity index (χ1) is 12.5. The lowest BCUT2D eigenvalue weighted by Gasteiger charge is -2.32. The predicted octanol–water partition coefficient (Wildman–Crippen LogP) is 0.493. The van der Waals surface area contributed by atoms with E-state index in [1.165, 1.54) is 11.0 Å². The smallest absolute Gasteiger partial charge is 0.283 e. The molecule has 0 bridgehead atoms. The summed E-state index contributed by atoms with van der Waals surface area (Å²) in [5.41, 5.74) is 2.86. The molecule has 2 amide bonds. The van der Waals surface area contributed by atoms with Crippen LogP contribution in [0.5, 0.6) is 0 Å². The first-order valence-corrected chi connectivity index (χ1v) is 10.2. The van der Waals surface area contributed by atoms with Crippen molar-refractivity contribution in [2.45, 2.75) is 47.1 Å². The molecule has 1 heterocycles. The van der Waals surface area contributed by atoms with Gasteiger partial charge in [-0.2, -0.15) is 17.0 Å². The van der Waals surface area contributed by atoms with Crippen LogP contribution >= 0.6 is 0 Å². The van der Waals surface area contributed by atoms with Gasteiger partial charge in [0.15, 0.2) is 0 Å². The molecule has 0 saturated carbocycles. The molecule has 0 saturated heterocycles. The molecule has 0 spiro atoms. The van der Waals surface area contributed by atoms with E-state index in [0.717, 1.165) is 14.5 Å². The largest absolute Gasteiger partial charge is 0.289 e. The molecule has 0 aromatic carbocycles. The molecular formula is C16H32N4O6S. The van der Waals surface area contributed by atoms with Crippen molar-refractivity contribution in [3.63, 3.8) is 0 Å². The van der Waals surface area contributed by atoms with Crippen LogP contribution in [-0.2, 0) is 19.8 Å². The summed E-state index contributed by atoms with van der Waals surface area (Å²) in [7, 11) is -4.15. The van der Waals surface area contributed by atoms with Gasteiger partial charge in [0.1, 0.15) is 6.04 Å². The van der Waals surface area contributed by atoms with Gasteiger partial charge in [-0.25, -0.2) is 11.0 Å². The van der Waals surface area contributed by atoms with Crippen LogP contribution in [0.1, 0.15) is 41.0 Å². The number of hydrogen-bond donors (Lipinski definition) is 4. The van der Waals surface area contributed by atoms with E-state index >= 15 is 0 Å². The fourth-order valence-corrected chi connectivity index (χ4v) is 3.84. The Labute approximate surface area is 161 Å². The van der Waals surface area contributed by atoms with Crippen LogP contribution in [0.25, 0.3) is 0 Å². The van der Waals surface area contributed by atoms with E-state index in [4.69, 9.17) is 10.4 Å². The first kappa shape index (κ1) is 25.5. The highest BCUT2D eigenvalue weighted by Gasteiger charge is 2.39. The van der Waals surface area contributed by atoms with Crippen molar-refractivity contribution in [3.8, 4) is 0 Å². The highest BCUT2D eigenvalue weighted by atomic mass is 32.2. The maximum absolute atomic E-state index is 12.7. The highest BCUT2D eigenvalue weighted by Crippen LogP contribution is 2.20. The van der Waals surface area contributed by atoms with Crippen LogP contribution in [0.3, 0.4) is 0 Å². The molecule has 11 heteroatoms. The average Bonchev–Trinajstić information content (AvgIpc) is 2.70. The van der Waals surface area contributed by atoms with Crippen LogP contribution in [-0.4, -0.2) is 64.9 Å². The maximum atomic E-state index is 12.7. The number of nitrogens with one attached hydrogen (secondary N) is 2. The number of nitrogens with zero attached hydrogens (tertiary/aromatic N) is 2. The molecule has 1 aliphatic rings. The van der Waals surface area contributed by atoms with Gasteiger partial charge in [-0.3, -0.25) is 20.0 Å². The molecule has 0 unspecified atom stereocenters. The molecule has 0 radical (unpaired) electrons. The minimum atomic E-state index is -4.15. The topological polar surface area (TPSA) is 139 Å². The van der Waals surface area contributed by atoms with Crippen LogP contribution in [0.4, 0.5) is 0 Å². The average molecular weight is 409 g/mol. The monoisotopic (exact) mass is 408 g/mol. The van der Waals surface area contributed by atoms with Gasteiger partial charge >= 0.3 is 0 Å². The summed E-state index contributed by atoms with van der Waals surface area (Å²) in [4.78, 5) is 23.2. The standard InChI is InChI=1S/C12H22N4O6S.C4H10/c1-9(2)7-10(12(18)14-20)16-6-4-3-5-15(23(16,21)22)8-11(17)13-19;1-4(2)3/h3-4,9-10,19-20H,5-8H2,1-2H3,(H,13,17)(H,14,18);4H,1-3H3/t10-;/m0./s1. The summed E-state index contributed by atoms with van der Waals surface area (Å²) in [6, 6.07) is -1.12. The van der Waals surface area contributed by atoms with Crippen molar-refractivity contribution < 1.29 is 28.4 Å². The van der Waals surface area contributed by atoms with Crippen LogP contribution in [0, 0.1) is 11.8 Å². The second-order valence-corrected chi connectivity index (χ2v) is 9.11. The van der Waals surface area contributed by atoms with E-state index < -0.39 is 34.6 Å². The third-order valence-corrected chi connectivity index (χ3v) is 5.21. The van der Waals surface area contributed by atoms with Crippen LogP contribution in [0.2, 0.25) is 0 Å². The molecule has 0 aromatic rings. The number of hydroxylamine groups is 2. The molecule has 0 fully saturated rings. The molecule has 0 aliphatic carbocycles. The summed E-state index contributed by atoms with van der Waals surface area (Å²) >= 11 is 0. The lowest BCUT2D eigenvalue weighted by molar-refractivity contribution is -0.133. The maximum Gasteiger partial charge on any atom is 0.283 e. The van der Waals surface area contributed by atoms with Crippen molar-refractivity contribution in [1.29, 1.82) is 0 Å². The minimum Gasteiger partial charge on any atom is -0.289 e. The van der Waals surface area contributed by atoms with E-state index in [1.54, 1.807) is 12.2 Å². The highest BCUT2D eigenvalue weighted by molar-refractivity contribution is 7.86. The molecule has 158 valence electrons. The summed E-state index contributed by atoms with van der Waals surface area (Å²) in [6.07, 6.45) is 3.30. The predicted molar refractivity (Wildman–Crippen MR) is 100.0 cm³/mol. The van der Waals surface area contributed by atoms with Crippen molar-refractivity contribution in [3.05, 3.63) is 12.2 Å². The van der Waals surface area contributed by atoms with Crippen molar-refractivity contribution in [2.24, 2.45) is 11.8 Å². The quantitative estimate of drug-likeness (QED) is 0.287. The van der Waals surface area contributed by atoms with Gasteiger partial charge in [0.2, 0.25) is 0 Å². The minimum absolute atomic E-state index is 0.00563. The summed E-state index contributed by atoms with van der Waals surface area (Å²) in [6.45, 7) is 9.41. The van der Waals surface area contributed by atoms with E-state index in [-0.39, 0.29) is 25.4 Å². The van der Waals surface area contributed by atoms with Crippen LogP contribution in [0.15, 0.2) is 12.2 Å². The van der Waals surface area contributed by atoms with Gasteiger partial charge in [-0.15, -0.1) is 0 Å². The zero-order valence-corrected chi connectivity index (χ0v) is 17.4. The van der Waals surface area contributed by atoms with E-state index in [2.05, 4.69) is 20.8 Å². The summed E-state index contributed by atoms with van der Waals surface area (Å²) in [5, 5.41) is 17.5. The lowest BCUT2D eigenvalue weighted by atomic mass is 10.0. The number of hydrogen-bond acceptors (Lipinski definition) is 6. The molecule has 1 aliphatic heterocycles. The van der Waals surface area contributed by atoms with Crippen molar-refractivity contribution >= 4 is 22.0 Å². The molecule has 27 heavy (non-hydrogen) atoms. The Kier molecular flexibility index (Phi) is 11.4. The normalized spacial score (nSPS) is 18.4. The fraction of sp³-hybridized carbons (Fsp3) is 0.750. The van der Waals surface area contributed by atoms with Gasteiger partial charge in [0, 0.05) is 13.1 Å². The number of carbonyl (C=O) groups is 2. The lowest BCUT2D eigenvalue weighted by Crippen LogP contribution is -2.54.